The number of hydrogen-bond donors (Lipinski definition) is 0. The monoisotopic (exact) mass is 326 g/mol. The van der Waals surface area contributed by atoms with Crippen molar-refractivity contribution in [3.63, 3.8) is 0 Å². The highest BCUT2D eigenvalue weighted by atomic mass is 35.5. The highest BCUT2D eigenvalue weighted by Gasteiger charge is 2.20. The molecule has 0 amide bonds. The third-order valence-electron chi connectivity index (χ3n) is 3.18. The van der Waals surface area contributed by atoms with E-state index in [1.165, 1.54) is 0 Å². The van der Waals surface area contributed by atoms with E-state index in [4.69, 9.17) is 37.4 Å². The number of halogens is 2. The van der Waals surface area contributed by atoms with Crippen molar-refractivity contribution < 1.29 is 14.2 Å². The van der Waals surface area contributed by atoms with Crippen molar-refractivity contribution >= 4 is 23.2 Å². The van der Waals surface area contributed by atoms with Gasteiger partial charge in [-0.25, -0.2) is 0 Å². The van der Waals surface area contributed by atoms with Crippen LogP contribution in [0.1, 0.15) is 16.5 Å². The molecule has 0 aliphatic heterocycles. The lowest BCUT2D eigenvalue weighted by atomic mass is 10.0. The van der Waals surface area contributed by atoms with Crippen molar-refractivity contribution in [3.8, 4) is 17.2 Å². The molecule has 5 heteroatoms. The van der Waals surface area contributed by atoms with Crippen LogP contribution in [0.25, 0.3) is 0 Å². The molecule has 0 N–H and O–H groups in total. The molecule has 2 aromatic rings. The van der Waals surface area contributed by atoms with Gasteiger partial charge in [0, 0.05) is 22.2 Å². The molecule has 21 heavy (non-hydrogen) atoms. The molecule has 0 spiro atoms. The summed E-state index contributed by atoms with van der Waals surface area (Å²) in [4.78, 5) is 0. The van der Waals surface area contributed by atoms with Crippen LogP contribution in [0.15, 0.2) is 36.4 Å². The van der Waals surface area contributed by atoms with Gasteiger partial charge in [-0.05, 0) is 24.3 Å². The first-order chi connectivity index (χ1) is 10.1. The van der Waals surface area contributed by atoms with Crippen LogP contribution in [0, 0.1) is 0 Å². The SMILES string of the molecule is COc1ccc(C(Cl)c2ccc(Cl)cc2OC)c(OC)c1. The van der Waals surface area contributed by atoms with Crippen molar-refractivity contribution in [1.29, 1.82) is 0 Å². The van der Waals surface area contributed by atoms with E-state index in [-0.39, 0.29) is 0 Å². The van der Waals surface area contributed by atoms with Crippen molar-refractivity contribution in [3.05, 3.63) is 52.5 Å². The zero-order valence-corrected chi connectivity index (χ0v) is 13.5. The molecule has 0 aliphatic rings. The lowest BCUT2D eigenvalue weighted by Crippen LogP contribution is -2.00. The summed E-state index contributed by atoms with van der Waals surface area (Å²) < 4.78 is 15.9. The first-order valence-corrected chi connectivity index (χ1v) is 7.11. The molecular weight excluding hydrogens is 311 g/mol. The molecule has 1 atom stereocenters. The topological polar surface area (TPSA) is 27.7 Å². The lowest BCUT2D eigenvalue weighted by Gasteiger charge is -2.17. The van der Waals surface area contributed by atoms with Crippen LogP contribution in [0.5, 0.6) is 17.2 Å². The summed E-state index contributed by atoms with van der Waals surface area (Å²) in [6, 6.07) is 10.9. The molecule has 2 aromatic carbocycles. The predicted molar refractivity (Wildman–Crippen MR) is 85.2 cm³/mol. The van der Waals surface area contributed by atoms with Gasteiger partial charge in [0.1, 0.15) is 17.2 Å². The third kappa shape index (κ3) is 3.36. The molecule has 0 saturated heterocycles. The Balaban J connectivity index is 2.46. The molecule has 0 heterocycles. The number of benzene rings is 2. The zero-order valence-electron chi connectivity index (χ0n) is 12.0. The van der Waals surface area contributed by atoms with Gasteiger partial charge >= 0.3 is 0 Å². The Morgan fingerprint density at radius 1 is 0.810 bits per heavy atom. The van der Waals surface area contributed by atoms with Gasteiger partial charge in [0.15, 0.2) is 0 Å². The molecule has 0 aliphatic carbocycles. The van der Waals surface area contributed by atoms with Crippen LogP contribution in [-0.4, -0.2) is 21.3 Å². The molecular formula is C16H16Cl2O3. The molecule has 0 saturated carbocycles. The molecule has 3 nitrogen and oxygen atoms in total. The van der Waals surface area contributed by atoms with Crippen molar-refractivity contribution in [1.82, 2.24) is 0 Å². The number of alkyl halides is 1. The van der Waals surface area contributed by atoms with Gasteiger partial charge in [-0.2, -0.15) is 0 Å². The highest BCUT2D eigenvalue weighted by Crippen LogP contribution is 2.41. The van der Waals surface area contributed by atoms with Crippen LogP contribution >= 0.6 is 23.2 Å². The summed E-state index contributed by atoms with van der Waals surface area (Å²) in [5.41, 5.74) is 1.66. The first-order valence-electron chi connectivity index (χ1n) is 6.30. The first kappa shape index (κ1) is 15.8. The minimum Gasteiger partial charge on any atom is -0.497 e. The second-order valence-electron chi connectivity index (χ2n) is 4.36. The fraction of sp³-hybridized carbons (Fsp3) is 0.250. The van der Waals surface area contributed by atoms with Crippen LogP contribution in [0.4, 0.5) is 0 Å². The fourth-order valence-electron chi connectivity index (χ4n) is 2.09. The number of hydrogen-bond acceptors (Lipinski definition) is 3. The van der Waals surface area contributed by atoms with Gasteiger partial charge in [-0.3, -0.25) is 0 Å². The lowest BCUT2D eigenvalue weighted by molar-refractivity contribution is 0.390. The Bertz CT molecular complexity index is 629. The fourth-order valence-corrected chi connectivity index (χ4v) is 2.61. The minimum absolute atomic E-state index is 0.418. The summed E-state index contributed by atoms with van der Waals surface area (Å²) in [6.07, 6.45) is 0. The largest absolute Gasteiger partial charge is 0.497 e. The Morgan fingerprint density at radius 3 is 1.95 bits per heavy atom. The second-order valence-corrected chi connectivity index (χ2v) is 5.23. The molecule has 0 aromatic heterocycles. The molecule has 0 bridgehead atoms. The molecule has 112 valence electrons. The molecule has 1 unspecified atom stereocenters. The number of rotatable bonds is 5. The summed E-state index contributed by atoms with van der Waals surface area (Å²) in [5, 5.41) is 0.180. The highest BCUT2D eigenvalue weighted by molar-refractivity contribution is 6.30. The maximum atomic E-state index is 6.60. The van der Waals surface area contributed by atoms with E-state index in [1.54, 1.807) is 39.5 Å². The quantitative estimate of drug-likeness (QED) is 0.746. The van der Waals surface area contributed by atoms with Crippen molar-refractivity contribution in [2.24, 2.45) is 0 Å². The summed E-state index contributed by atoms with van der Waals surface area (Å²) in [5.74, 6) is 2.01. The summed E-state index contributed by atoms with van der Waals surface area (Å²) in [6.45, 7) is 0. The van der Waals surface area contributed by atoms with Gasteiger partial charge in [0.2, 0.25) is 0 Å². The maximum absolute atomic E-state index is 6.60. The molecule has 2 rings (SSSR count). The predicted octanol–water partition coefficient (Wildman–Crippen LogP) is 4.69. The van der Waals surface area contributed by atoms with Gasteiger partial charge in [0.05, 0.1) is 26.7 Å². The smallest absolute Gasteiger partial charge is 0.127 e. The van der Waals surface area contributed by atoms with E-state index in [0.29, 0.717) is 22.3 Å². The van der Waals surface area contributed by atoms with Crippen molar-refractivity contribution in [2.45, 2.75) is 5.38 Å². The van der Waals surface area contributed by atoms with Crippen LogP contribution in [0.2, 0.25) is 5.02 Å². The average Bonchev–Trinajstić information content (AvgIpc) is 2.53. The van der Waals surface area contributed by atoms with Gasteiger partial charge < -0.3 is 14.2 Å². The summed E-state index contributed by atoms with van der Waals surface area (Å²) >= 11 is 12.6. The van der Waals surface area contributed by atoms with E-state index in [1.807, 2.05) is 18.2 Å². The second kappa shape index (κ2) is 6.92. The molecule has 0 radical (unpaired) electrons. The maximum Gasteiger partial charge on any atom is 0.127 e. The summed E-state index contributed by atoms with van der Waals surface area (Å²) in [7, 11) is 4.79. The minimum atomic E-state index is -0.418. The average molecular weight is 327 g/mol. The van der Waals surface area contributed by atoms with Gasteiger partial charge in [-0.15, -0.1) is 11.6 Å². The number of ether oxygens (including phenoxy) is 3. The van der Waals surface area contributed by atoms with Gasteiger partial charge in [-0.1, -0.05) is 17.7 Å². The Labute approximate surface area is 134 Å². The number of methoxy groups -OCH3 is 3. The third-order valence-corrected chi connectivity index (χ3v) is 3.89. The van der Waals surface area contributed by atoms with Crippen LogP contribution < -0.4 is 14.2 Å². The molecule has 0 fully saturated rings. The van der Waals surface area contributed by atoms with Crippen LogP contribution in [-0.2, 0) is 0 Å². The van der Waals surface area contributed by atoms with Crippen LogP contribution in [0.3, 0.4) is 0 Å². The van der Waals surface area contributed by atoms with E-state index in [9.17, 15) is 0 Å². The van der Waals surface area contributed by atoms with E-state index in [0.717, 1.165) is 11.1 Å². The van der Waals surface area contributed by atoms with E-state index in [2.05, 4.69) is 0 Å². The Morgan fingerprint density at radius 2 is 1.38 bits per heavy atom. The van der Waals surface area contributed by atoms with E-state index >= 15 is 0 Å². The normalized spacial score (nSPS) is 11.9. The van der Waals surface area contributed by atoms with Gasteiger partial charge in [0.25, 0.3) is 0 Å². The zero-order chi connectivity index (χ0) is 15.4. The Hall–Kier alpha value is -1.58. The van der Waals surface area contributed by atoms with E-state index < -0.39 is 5.38 Å². The van der Waals surface area contributed by atoms with Crippen molar-refractivity contribution in [2.75, 3.05) is 21.3 Å². The Kier molecular flexibility index (Phi) is 5.21. The standard InChI is InChI=1S/C16H16Cl2O3/c1-19-11-5-7-13(15(9-11)21-3)16(18)12-6-4-10(17)8-14(12)20-2/h4-9,16H,1-3H3.